The maximum Gasteiger partial charge on any atom is 0.160 e. The number of alkyl halides is 1. The van der Waals surface area contributed by atoms with Gasteiger partial charge in [-0.3, -0.25) is 0 Å². The molecule has 0 saturated carbocycles. The van der Waals surface area contributed by atoms with Crippen LogP contribution in [0.25, 0.3) is 0 Å². The second-order valence-electron chi connectivity index (χ2n) is 2.55. The summed E-state index contributed by atoms with van der Waals surface area (Å²) >= 11 is 0. The molecule has 1 atom stereocenters. The summed E-state index contributed by atoms with van der Waals surface area (Å²) in [6.07, 6.45) is -1.07. The van der Waals surface area contributed by atoms with E-state index in [1.807, 2.05) is 0 Å². The van der Waals surface area contributed by atoms with Gasteiger partial charge in [0, 0.05) is 0 Å². The second-order valence-corrected chi connectivity index (χ2v) is 2.55. The molecule has 1 unspecified atom stereocenters. The highest BCUT2D eigenvalue weighted by Gasteiger charge is 2.06. The molecule has 3 heteroatoms. The highest BCUT2D eigenvalue weighted by molar-refractivity contribution is 5.42. The molecular formula is C9H11FO2. The summed E-state index contributed by atoms with van der Waals surface area (Å²) in [5.41, 5.74) is 0.452. The average molecular weight is 170 g/mol. The molecule has 1 aromatic carbocycles. The predicted molar refractivity (Wildman–Crippen MR) is 44.2 cm³/mol. The molecule has 66 valence electrons. The molecule has 0 aliphatic rings. The fourth-order valence-corrected chi connectivity index (χ4v) is 0.954. The molecule has 0 saturated heterocycles. The van der Waals surface area contributed by atoms with Crippen LogP contribution in [0.2, 0.25) is 0 Å². The van der Waals surface area contributed by atoms with Gasteiger partial charge in [0.2, 0.25) is 0 Å². The SMILES string of the molecule is COc1ccc(C(C)F)cc1O. The summed E-state index contributed by atoms with van der Waals surface area (Å²) < 4.78 is 17.5. The van der Waals surface area contributed by atoms with Crippen LogP contribution in [0.3, 0.4) is 0 Å². The maximum absolute atomic E-state index is 12.7. The Morgan fingerprint density at radius 3 is 2.58 bits per heavy atom. The smallest absolute Gasteiger partial charge is 0.160 e. The largest absolute Gasteiger partial charge is 0.504 e. The Labute approximate surface area is 70.6 Å². The fourth-order valence-electron chi connectivity index (χ4n) is 0.954. The lowest BCUT2D eigenvalue weighted by molar-refractivity contribution is 0.359. The van der Waals surface area contributed by atoms with Gasteiger partial charge in [-0.25, -0.2) is 4.39 Å². The number of rotatable bonds is 2. The Morgan fingerprint density at radius 1 is 1.50 bits per heavy atom. The van der Waals surface area contributed by atoms with Crippen molar-refractivity contribution in [3.05, 3.63) is 23.8 Å². The Morgan fingerprint density at radius 2 is 2.17 bits per heavy atom. The molecule has 1 rings (SSSR count). The van der Waals surface area contributed by atoms with Gasteiger partial charge in [-0.2, -0.15) is 0 Å². The third kappa shape index (κ3) is 1.67. The van der Waals surface area contributed by atoms with Gasteiger partial charge < -0.3 is 9.84 Å². The average Bonchev–Trinajstić information content (AvgIpc) is 2.04. The van der Waals surface area contributed by atoms with E-state index in [2.05, 4.69) is 0 Å². The maximum atomic E-state index is 12.7. The van der Waals surface area contributed by atoms with Crippen molar-refractivity contribution in [1.82, 2.24) is 0 Å². The molecule has 2 nitrogen and oxygen atoms in total. The summed E-state index contributed by atoms with van der Waals surface area (Å²) in [6.45, 7) is 1.42. The number of benzene rings is 1. The zero-order valence-electron chi connectivity index (χ0n) is 7.04. The molecule has 12 heavy (non-hydrogen) atoms. The van der Waals surface area contributed by atoms with Gasteiger partial charge in [-0.15, -0.1) is 0 Å². The second kappa shape index (κ2) is 3.43. The lowest BCUT2D eigenvalue weighted by Crippen LogP contribution is -1.88. The van der Waals surface area contributed by atoms with Gasteiger partial charge in [0.1, 0.15) is 6.17 Å². The van der Waals surface area contributed by atoms with Crippen molar-refractivity contribution >= 4 is 0 Å². The van der Waals surface area contributed by atoms with Gasteiger partial charge in [0.15, 0.2) is 11.5 Å². The Balaban J connectivity index is 3.02. The number of ether oxygens (including phenoxy) is 1. The van der Waals surface area contributed by atoms with Crippen molar-refractivity contribution in [2.45, 2.75) is 13.1 Å². The monoisotopic (exact) mass is 170 g/mol. The molecular weight excluding hydrogens is 159 g/mol. The molecule has 0 heterocycles. The van der Waals surface area contributed by atoms with E-state index in [0.29, 0.717) is 11.3 Å². The van der Waals surface area contributed by atoms with Crippen LogP contribution in [-0.4, -0.2) is 12.2 Å². The first-order valence-electron chi connectivity index (χ1n) is 3.66. The predicted octanol–water partition coefficient (Wildman–Crippen LogP) is 2.43. The molecule has 0 fully saturated rings. The van der Waals surface area contributed by atoms with E-state index >= 15 is 0 Å². The first kappa shape index (κ1) is 8.84. The van der Waals surface area contributed by atoms with E-state index < -0.39 is 6.17 Å². The van der Waals surface area contributed by atoms with Crippen LogP contribution >= 0.6 is 0 Å². The summed E-state index contributed by atoms with van der Waals surface area (Å²) in [5, 5.41) is 9.25. The minimum atomic E-state index is -1.07. The summed E-state index contributed by atoms with van der Waals surface area (Å²) in [4.78, 5) is 0. The number of phenols is 1. The van der Waals surface area contributed by atoms with Crippen molar-refractivity contribution < 1.29 is 14.2 Å². The summed E-state index contributed by atoms with van der Waals surface area (Å²) in [5.74, 6) is 0.332. The van der Waals surface area contributed by atoms with Gasteiger partial charge >= 0.3 is 0 Å². The van der Waals surface area contributed by atoms with Crippen molar-refractivity contribution in [1.29, 1.82) is 0 Å². The van der Waals surface area contributed by atoms with Crippen LogP contribution in [0.4, 0.5) is 4.39 Å². The number of phenolic OH excluding ortho intramolecular Hbond substituents is 1. The van der Waals surface area contributed by atoms with Crippen LogP contribution in [0, 0.1) is 0 Å². The van der Waals surface area contributed by atoms with E-state index in [1.54, 1.807) is 12.1 Å². The zero-order chi connectivity index (χ0) is 9.14. The number of aromatic hydroxyl groups is 1. The van der Waals surface area contributed by atoms with Crippen LogP contribution in [0.5, 0.6) is 11.5 Å². The van der Waals surface area contributed by atoms with Crippen LogP contribution in [-0.2, 0) is 0 Å². The van der Waals surface area contributed by atoms with Crippen molar-refractivity contribution in [2.24, 2.45) is 0 Å². The number of hydrogen-bond donors (Lipinski definition) is 1. The Kier molecular flexibility index (Phi) is 2.53. The van der Waals surface area contributed by atoms with Crippen LogP contribution < -0.4 is 4.74 Å². The highest BCUT2D eigenvalue weighted by atomic mass is 19.1. The minimum Gasteiger partial charge on any atom is -0.504 e. The van der Waals surface area contributed by atoms with E-state index in [9.17, 15) is 9.50 Å². The molecule has 0 spiro atoms. The van der Waals surface area contributed by atoms with E-state index in [-0.39, 0.29) is 5.75 Å². The number of methoxy groups -OCH3 is 1. The molecule has 0 amide bonds. The number of halogens is 1. The van der Waals surface area contributed by atoms with Gasteiger partial charge in [-0.05, 0) is 24.6 Å². The molecule has 0 bridgehead atoms. The van der Waals surface area contributed by atoms with Crippen molar-refractivity contribution in [3.8, 4) is 11.5 Å². The van der Waals surface area contributed by atoms with Crippen molar-refractivity contribution in [2.75, 3.05) is 7.11 Å². The fraction of sp³-hybridized carbons (Fsp3) is 0.333. The van der Waals surface area contributed by atoms with Crippen molar-refractivity contribution in [3.63, 3.8) is 0 Å². The van der Waals surface area contributed by atoms with E-state index in [4.69, 9.17) is 4.74 Å². The molecule has 0 radical (unpaired) electrons. The van der Waals surface area contributed by atoms with Crippen LogP contribution in [0.15, 0.2) is 18.2 Å². The molecule has 1 aromatic rings. The van der Waals surface area contributed by atoms with E-state index in [1.165, 1.54) is 20.1 Å². The van der Waals surface area contributed by atoms with Crippen LogP contribution in [0.1, 0.15) is 18.7 Å². The van der Waals surface area contributed by atoms with Gasteiger partial charge in [0.05, 0.1) is 7.11 Å². The third-order valence-electron chi connectivity index (χ3n) is 1.66. The molecule has 1 N–H and O–H groups in total. The van der Waals surface area contributed by atoms with E-state index in [0.717, 1.165) is 0 Å². The zero-order valence-corrected chi connectivity index (χ0v) is 7.04. The Bertz CT molecular complexity index is 271. The minimum absolute atomic E-state index is 0.0282. The standard InChI is InChI=1S/C9H11FO2/c1-6(10)7-3-4-9(12-2)8(11)5-7/h3-6,11H,1-2H3. The normalized spacial score (nSPS) is 12.6. The topological polar surface area (TPSA) is 29.5 Å². The quantitative estimate of drug-likeness (QED) is 0.738. The molecule has 0 aliphatic heterocycles. The molecule has 0 aromatic heterocycles. The van der Waals surface area contributed by atoms with Gasteiger partial charge in [0.25, 0.3) is 0 Å². The first-order valence-corrected chi connectivity index (χ1v) is 3.66. The Hall–Kier alpha value is -1.25. The third-order valence-corrected chi connectivity index (χ3v) is 1.66. The highest BCUT2D eigenvalue weighted by Crippen LogP contribution is 2.29. The summed E-state index contributed by atoms with van der Waals surface area (Å²) in [6, 6.07) is 4.49. The number of hydrogen-bond acceptors (Lipinski definition) is 2. The lowest BCUT2D eigenvalue weighted by atomic mass is 10.1. The molecule has 0 aliphatic carbocycles. The van der Waals surface area contributed by atoms with Gasteiger partial charge in [-0.1, -0.05) is 6.07 Å². The first-order chi connectivity index (χ1) is 5.65. The lowest BCUT2D eigenvalue weighted by Gasteiger charge is -2.06. The summed E-state index contributed by atoms with van der Waals surface area (Å²) in [7, 11) is 1.45.